The minimum Gasteiger partial charge on any atom is -0.350 e. The predicted octanol–water partition coefficient (Wildman–Crippen LogP) is 9.19. The lowest BCUT2D eigenvalue weighted by Crippen LogP contribution is -2.47. The minimum absolute atomic E-state index is 0.0525. The van der Waals surface area contributed by atoms with Gasteiger partial charge in [-0.15, -0.1) is 0 Å². The highest BCUT2D eigenvalue weighted by atomic mass is 32.2. The number of nitrogens with zero attached hydrogens (tertiary/aromatic N) is 3. The maximum Gasteiger partial charge on any atom is 0.186 e. The van der Waals surface area contributed by atoms with E-state index < -0.39 is 0 Å². The van der Waals surface area contributed by atoms with Crippen LogP contribution in [0.3, 0.4) is 0 Å². The fraction of sp³-hybridized carbons (Fsp3) is 0.132. The monoisotopic (exact) mass is 576 g/mol. The highest BCUT2D eigenvalue weighted by Gasteiger charge is 2.36. The number of amidine groups is 1. The summed E-state index contributed by atoms with van der Waals surface area (Å²) in [6.45, 7) is 4.53. The summed E-state index contributed by atoms with van der Waals surface area (Å²) >= 11 is 1.88. The predicted molar refractivity (Wildman–Crippen MR) is 179 cm³/mol. The third kappa shape index (κ3) is 4.15. The molecule has 6 aromatic rings. The van der Waals surface area contributed by atoms with E-state index in [1.165, 1.54) is 59.8 Å². The summed E-state index contributed by atoms with van der Waals surface area (Å²) in [5.74, 6) is 0.903. The van der Waals surface area contributed by atoms with Crippen molar-refractivity contribution >= 4 is 28.4 Å². The van der Waals surface area contributed by atoms with E-state index >= 15 is 0 Å². The molecule has 0 spiro atoms. The molecular weight excluding hydrogens is 545 g/mol. The molecule has 5 aromatic carbocycles. The quantitative estimate of drug-likeness (QED) is 0.228. The van der Waals surface area contributed by atoms with Crippen LogP contribution in [0.25, 0.3) is 33.2 Å². The van der Waals surface area contributed by atoms with E-state index in [9.17, 15) is 0 Å². The number of nitrogens with one attached hydrogen (secondary N) is 1. The first kappa shape index (κ1) is 26.1. The van der Waals surface area contributed by atoms with Crippen molar-refractivity contribution in [2.24, 2.45) is 4.99 Å². The molecule has 0 saturated heterocycles. The van der Waals surface area contributed by atoms with Crippen LogP contribution in [-0.4, -0.2) is 22.4 Å². The Hall–Kier alpha value is -4.58. The molecule has 0 fully saturated rings. The fourth-order valence-electron chi connectivity index (χ4n) is 6.68. The average molecular weight is 577 g/mol. The number of aliphatic imine (C=N–C) groups is 1. The summed E-state index contributed by atoms with van der Waals surface area (Å²) in [5, 5.41) is 6.33. The Morgan fingerprint density at radius 2 is 1.42 bits per heavy atom. The smallest absolute Gasteiger partial charge is 0.186 e. The average Bonchev–Trinajstić information content (AvgIpc) is 3.21. The standard InChI is InChI=1S/C38H32N4S/c1-24-25(2)42(38-40-36(27-15-6-4-7-16-27)39-37(41(38)3)28-17-8-5-9-18-28)34-30-20-12-13-21-32(30)43-35-29-19-11-10-14-26(29)22-23-31(35)33(24)34/h4-23,37-38H,1-3H3,(H,39,40). The molecule has 4 nitrogen and oxygen atoms in total. The third-order valence-electron chi connectivity index (χ3n) is 8.94. The Kier molecular flexibility index (Phi) is 6.25. The third-order valence-corrected chi connectivity index (χ3v) is 10.2. The van der Waals surface area contributed by atoms with E-state index in [0.29, 0.717) is 0 Å². The van der Waals surface area contributed by atoms with Gasteiger partial charge in [0.1, 0.15) is 12.0 Å². The highest BCUT2D eigenvalue weighted by Crippen LogP contribution is 2.53. The summed E-state index contributed by atoms with van der Waals surface area (Å²) in [4.78, 5) is 10.4. The second-order valence-corrected chi connectivity index (χ2v) is 12.4. The first-order valence-electron chi connectivity index (χ1n) is 14.8. The van der Waals surface area contributed by atoms with Gasteiger partial charge in [-0.1, -0.05) is 127 Å². The van der Waals surface area contributed by atoms with Crippen LogP contribution < -0.4 is 5.32 Å². The first-order chi connectivity index (χ1) is 21.1. The molecule has 5 heteroatoms. The van der Waals surface area contributed by atoms with Gasteiger partial charge in [-0.25, -0.2) is 9.89 Å². The van der Waals surface area contributed by atoms with Gasteiger partial charge in [0.05, 0.1) is 5.69 Å². The summed E-state index contributed by atoms with van der Waals surface area (Å²) < 4.78 is 2.48. The van der Waals surface area contributed by atoms with E-state index in [1.807, 2.05) is 11.8 Å². The molecule has 3 heterocycles. The molecule has 2 aliphatic rings. The van der Waals surface area contributed by atoms with Gasteiger partial charge in [0.15, 0.2) is 6.29 Å². The van der Waals surface area contributed by atoms with Gasteiger partial charge in [-0.05, 0) is 54.4 Å². The summed E-state index contributed by atoms with van der Waals surface area (Å²) in [5.41, 5.74) is 9.89. The largest absolute Gasteiger partial charge is 0.350 e. The van der Waals surface area contributed by atoms with E-state index in [2.05, 4.69) is 157 Å². The molecule has 1 N–H and O–H groups in total. The molecule has 8 rings (SSSR count). The Balaban J connectivity index is 1.42. The number of benzene rings is 5. The van der Waals surface area contributed by atoms with Gasteiger partial charge < -0.3 is 9.88 Å². The van der Waals surface area contributed by atoms with Crippen LogP contribution in [0.15, 0.2) is 136 Å². The number of hydrogen-bond donors (Lipinski definition) is 1. The lowest BCUT2D eigenvalue weighted by atomic mass is 9.95. The van der Waals surface area contributed by atoms with Gasteiger partial charge in [-0.3, -0.25) is 0 Å². The van der Waals surface area contributed by atoms with Crippen LogP contribution in [0.4, 0.5) is 0 Å². The molecular formula is C38H32N4S. The van der Waals surface area contributed by atoms with Crippen molar-refractivity contribution < 1.29 is 0 Å². The number of hydrogen-bond acceptors (Lipinski definition) is 4. The van der Waals surface area contributed by atoms with Crippen LogP contribution >= 0.6 is 11.8 Å². The van der Waals surface area contributed by atoms with Crippen molar-refractivity contribution in [1.82, 2.24) is 14.8 Å². The van der Waals surface area contributed by atoms with Gasteiger partial charge in [-0.2, -0.15) is 0 Å². The Bertz CT molecular complexity index is 2030. The van der Waals surface area contributed by atoms with Gasteiger partial charge in [0, 0.05) is 32.2 Å². The lowest BCUT2D eigenvalue weighted by molar-refractivity contribution is 0.103. The SMILES string of the molecule is Cc1c2c(n(C3N=C(c4ccccc4)NC(c4ccccc4)N3C)c1C)-c1ccccc1Sc1c-2ccc2ccccc12. The maximum atomic E-state index is 5.46. The summed E-state index contributed by atoms with van der Waals surface area (Å²) in [7, 11) is 2.18. The van der Waals surface area contributed by atoms with Crippen LogP contribution in [0.1, 0.15) is 34.8 Å². The van der Waals surface area contributed by atoms with Crippen molar-refractivity contribution in [3.63, 3.8) is 0 Å². The molecule has 0 amide bonds. The molecule has 2 atom stereocenters. The molecule has 0 radical (unpaired) electrons. The van der Waals surface area contributed by atoms with Crippen LogP contribution in [0.2, 0.25) is 0 Å². The Morgan fingerprint density at radius 1 is 0.721 bits per heavy atom. The second-order valence-electron chi connectivity index (χ2n) is 11.4. The maximum absolute atomic E-state index is 5.46. The molecule has 210 valence electrons. The van der Waals surface area contributed by atoms with E-state index in [0.717, 1.165) is 11.4 Å². The van der Waals surface area contributed by atoms with Gasteiger partial charge in [0.25, 0.3) is 0 Å². The second kappa shape index (κ2) is 10.3. The van der Waals surface area contributed by atoms with E-state index in [-0.39, 0.29) is 12.5 Å². The van der Waals surface area contributed by atoms with Crippen molar-refractivity contribution in [1.29, 1.82) is 0 Å². The fourth-order valence-corrected chi connectivity index (χ4v) is 7.89. The number of aromatic nitrogens is 1. The summed E-state index contributed by atoms with van der Waals surface area (Å²) in [6, 6.07) is 43.4. The first-order valence-corrected chi connectivity index (χ1v) is 15.6. The van der Waals surface area contributed by atoms with Crippen molar-refractivity contribution in [3.05, 3.63) is 144 Å². The zero-order chi connectivity index (χ0) is 29.1. The molecule has 0 saturated carbocycles. The topological polar surface area (TPSA) is 32.6 Å². The van der Waals surface area contributed by atoms with Crippen LogP contribution in [0, 0.1) is 13.8 Å². The van der Waals surface area contributed by atoms with E-state index in [1.54, 1.807) is 0 Å². The Labute approximate surface area is 256 Å². The zero-order valence-electron chi connectivity index (χ0n) is 24.5. The summed E-state index contributed by atoms with van der Waals surface area (Å²) in [6.07, 6.45) is -0.313. The highest BCUT2D eigenvalue weighted by molar-refractivity contribution is 7.99. The lowest BCUT2D eigenvalue weighted by Gasteiger charge is -2.40. The zero-order valence-corrected chi connectivity index (χ0v) is 25.3. The van der Waals surface area contributed by atoms with Gasteiger partial charge in [0.2, 0.25) is 0 Å². The molecule has 43 heavy (non-hydrogen) atoms. The normalized spacial score (nSPS) is 17.8. The van der Waals surface area contributed by atoms with Crippen molar-refractivity contribution in [2.75, 3.05) is 7.05 Å². The number of fused-ring (bicyclic) bond motifs is 7. The van der Waals surface area contributed by atoms with Crippen LogP contribution in [0.5, 0.6) is 0 Å². The molecule has 0 bridgehead atoms. The van der Waals surface area contributed by atoms with Crippen LogP contribution in [-0.2, 0) is 0 Å². The molecule has 2 aliphatic heterocycles. The molecule has 1 aromatic heterocycles. The Morgan fingerprint density at radius 3 is 2.23 bits per heavy atom. The van der Waals surface area contributed by atoms with Gasteiger partial charge >= 0.3 is 0 Å². The number of rotatable bonds is 3. The molecule has 2 unspecified atom stereocenters. The minimum atomic E-state index is -0.260. The van der Waals surface area contributed by atoms with E-state index in [4.69, 9.17) is 4.99 Å². The van der Waals surface area contributed by atoms with Crippen molar-refractivity contribution in [2.45, 2.75) is 36.1 Å². The molecule has 0 aliphatic carbocycles. The van der Waals surface area contributed by atoms with Crippen molar-refractivity contribution in [3.8, 4) is 22.4 Å².